The normalized spacial score (nSPS) is 14.8. The standard InChI is InChI=1S/C9H14N4O3/c1-10-7(14)4-5-11-9(16)6-2-3-8(15)13-12-6/h2-5H2,1H3,(H,10,14)(H,11,16)(H,13,15). The van der Waals surface area contributed by atoms with Crippen LogP contribution in [0.3, 0.4) is 0 Å². The second-order valence-corrected chi connectivity index (χ2v) is 3.27. The summed E-state index contributed by atoms with van der Waals surface area (Å²) in [5.74, 6) is -0.676. The Balaban J connectivity index is 2.30. The molecule has 0 aromatic heterocycles. The molecule has 1 heterocycles. The molecule has 16 heavy (non-hydrogen) atoms. The number of hydrogen-bond donors (Lipinski definition) is 3. The fourth-order valence-corrected chi connectivity index (χ4v) is 1.15. The third kappa shape index (κ3) is 3.68. The number of hydrogen-bond acceptors (Lipinski definition) is 4. The molecule has 88 valence electrons. The molecule has 0 aromatic rings. The van der Waals surface area contributed by atoms with E-state index >= 15 is 0 Å². The predicted octanol–water partition coefficient (Wildman–Crippen LogP) is -1.50. The summed E-state index contributed by atoms with van der Waals surface area (Å²) in [6, 6.07) is 0. The molecular formula is C9H14N4O3. The molecule has 0 saturated carbocycles. The molecule has 0 aromatic carbocycles. The van der Waals surface area contributed by atoms with Gasteiger partial charge in [-0.2, -0.15) is 5.10 Å². The van der Waals surface area contributed by atoms with Crippen molar-refractivity contribution in [3.05, 3.63) is 0 Å². The van der Waals surface area contributed by atoms with Crippen molar-refractivity contribution in [2.24, 2.45) is 5.10 Å². The molecular weight excluding hydrogens is 212 g/mol. The van der Waals surface area contributed by atoms with Gasteiger partial charge >= 0.3 is 0 Å². The van der Waals surface area contributed by atoms with E-state index in [1.807, 2.05) is 0 Å². The zero-order chi connectivity index (χ0) is 12.0. The van der Waals surface area contributed by atoms with E-state index < -0.39 is 0 Å². The Hall–Kier alpha value is -1.92. The summed E-state index contributed by atoms with van der Waals surface area (Å²) in [5, 5.41) is 8.63. The van der Waals surface area contributed by atoms with Crippen molar-refractivity contribution in [3.8, 4) is 0 Å². The van der Waals surface area contributed by atoms with Crippen molar-refractivity contribution < 1.29 is 14.4 Å². The van der Waals surface area contributed by atoms with Crippen molar-refractivity contribution in [1.82, 2.24) is 16.1 Å². The van der Waals surface area contributed by atoms with E-state index in [1.54, 1.807) is 0 Å². The summed E-state index contributed by atoms with van der Waals surface area (Å²) in [5.41, 5.74) is 2.52. The summed E-state index contributed by atoms with van der Waals surface area (Å²) in [6.07, 6.45) is 0.821. The maximum atomic E-state index is 11.4. The molecule has 3 amide bonds. The molecule has 7 nitrogen and oxygen atoms in total. The lowest BCUT2D eigenvalue weighted by Gasteiger charge is -2.11. The number of carbonyl (C=O) groups is 3. The van der Waals surface area contributed by atoms with E-state index in [2.05, 4.69) is 21.2 Å². The van der Waals surface area contributed by atoms with Crippen LogP contribution in [-0.4, -0.2) is 37.0 Å². The Labute approximate surface area is 92.7 Å². The molecule has 0 radical (unpaired) electrons. The van der Waals surface area contributed by atoms with Crippen LogP contribution >= 0.6 is 0 Å². The Morgan fingerprint density at radius 2 is 2.19 bits per heavy atom. The maximum Gasteiger partial charge on any atom is 0.267 e. The smallest absolute Gasteiger partial charge is 0.267 e. The van der Waals surface area contributed by atoms with Crippen LogP contribution in [0, 0.1) is 0 Å². The van der Waals surface area contributed by atoms with Crippen molar-refractivity contribution in [1.29, 1.82) is 0 Å². The minimum atomic E-state index is -0.344. The van der Waals surface area contributed by atoms with Crippen LogP contribution < -0.4 is 16.1 Å². The molecule has 7 heteroatoms. The average molecular weight is 226 g/mol. The van der Waals surface area contributed by atoms with Crippen LogP contribution in [0.1, 0.15) is 19.3 Å². The van der Waals surface area contributed by atoms with Crippen molar-refractivity contribution in [2.45, 2.75) is 19.3 Å². The second kappa shape index (κ2) is 5.84. The predicted molar refractivity (Wildman–Crippen MR) is 56.5 cm³/mol. The summed E-state index contributed by atoms with van der Waals surface area (Å²) in [7, 11) is 1.53. The number of nitrogens with zero attached hydrogens (tertiary/aromatic N) is 1. The van der Waals surface area contributed by atoms with Gasteiger partial charge in [-0.15, -0.1) is 0 Å². The van der Waals surface area contributed by atoms with Crippen LogP contribution in [0.4, 0.5) is 0 Å². The van der Waals surface area contributed by atoms with Gasteiger partial charge in [0.15, 0.2) is 0 Å². The first-order chi connectivity index (χ1) is 7.63. The van der Waals surface area contributed by atoms with Crippen LogP contribution in [-0.2, 0) is 14.4 Å². The molecule has 0 bridgehead atoms. The zero-order valence-electron chi connectivity index (χ0n) is 9.00. The molecule has 0 aliphatic carbocycles. The SMILES string of the molecule is CNC(=O)CCNC(=O)C1=NNC(=O)CC1. The highest BCUT2D eigenvalue weighted by Gasteiger charge is 2.17. The van der Waals surface area contributed by atoms with E-state index in [-0.39, 0.29) is 42.8 Å². The topological polar surface area (TPSA) is 99.7 Å². The van der Waals surface area contributed by atoms with Crippen molar-refractivity contribution in [3.63, 3.8) is 0 Å². The Kier molecular flexibility index (Phi) is 4.43. The fraction of sp³-hybridized carbons (Fsp3) is 0.556. The number of nitrogens with one attached hydrogen (secondary N) is 3. The maximum absolute atomic E-state index is 11.4. The van der Waals surface area contributed by atoms with Gasteiger partial charge in [0.25, 0.3) is 5.91 Å². The molecule has 1 aliphatic heterocycles. The fourth-order valence-electron chi connectivity index (χ4n) is 1.15. The molecule has 0 unspecified atom stereocenters. The molecule has 3 N–H and O–H groups in total. The molecule has 1 rings (SSSR count). The van der Waals surface area contributed by atoms with Gasteiger partial charge in [0, 0.05) is 32.9 Å². The van der Waals surface area contributed by atoms with Gasteiger partial charge in [0.05, 0.1) is 0 Å². The van der Waals surface area contributed by atoms with Gasteiger partial charge in [-0.05, 0) is 0 Å². The molecule has 0 atom stereocenters. The van der Waals surface area contributed by atoms with E-state index in [4.69, 9.17) is 0 Å². The summed E-state index contributed by atoms with van der Waals surface area (Å²) in [4.78, 5) is 33.1. The van der Waals surface area contributed by atoms with Gasteiger partial charge in [-0.1, -0.05) is 0 Å². The van der Waals surface area contributed by atoms with Crippen LogP contribution in [0.25, 0.3) is 0 Å². The van der Waals surface area contributed by atoms with Gasteiger partial charge in [-0.3, -0.25) is 14.4 Å². The number of hydrazone groups is 1. The highest BCUT2D eigenvalue weighted by Crippen LogP contribution is 1.99. The van der Waals surface area contributed by atoms with Crippen LogP contribution in [0.15, 0.2) is 5.10 Å². The van der Waals surface area contributed by atoms with Gasteiger partial charge in [0.2, 0.25) is 11.8 Å². The minimum absolute atomic E-state index is 0.140. The highest BCUT2D eigenvalue weighted by molar-refractivity contribution is 6.39. The Bertz CT molecular complexity index is 338. The molecule has 0 spiro atoms. The van der Waals surface area contributed by atoms with Gasteiger partial charge < -0.3 is 10.6 Å². The van der Waals surface area contributed by atoms with Crippen LogP contribution in [0.2, 0.25) is 0 Å². The first-order valence-corrected chi connectivity index (χ1v) is 4.97. The van der Waals surface area contributed by atoms with E-state index in [9.17, 15) is 14.4 Å². The van der Waals surface area contributed by atoms with Gasteiger partial charge in [-0.25, -0.2) is 5.43 Å². The van der Waals surface area contributed by atoms with E-state index in [0.717, 1.165) is 0 Å². The molecule has 0 fully saturated rings. The molecule has 1 aliphatic rings. The summed E-state index contributed by atoms with van der Waals surface area (Å²) >= 11 is 0. The highest BCUT2D eigenvalue weighted by atomic mass is 16.2. The number of amides is 3. The Morgan fingerprint density at radius 3 is 2.75 bits per heavy atom. The van der Waals surface area contributed by atoms with E-state index in [1.165, 1.54) is 7.05 Å². The quantitative estimate of drug-likeness (QED) is 0.544. The van der Waals surface area contributed by atoms with Crippen LogP contribution in [0.5, 0.6) is 0 Å². The first-order valence-electron chi connectivity index (χ1n) is 4.97. The Morgan fingerprint density at radius 1 is 1.44 bits per heavy atom. The third-order valence-corrected chi connectivity index (χ3v) is 2.08. The second-order valence-electron chi connectivity index (χ2n) is 3.27. The minimum Gasteiger partial charge on any atom is -0.359 e. The van der Waals surface area contributed by atoms with E-state index in [0.29, 0.717) is 6.42 Å². The lowest BCUT2D eigenvalue weighted by molar-refractivity contribution is -0.121. The van der Waals surface area contributed by atoms with Crippen molar-refractivity contribution in [2.75, 3.05) is 13.6 Å². The first kappa shape index (κ1) is 12.2. The average Bonchev–Trinajstić information content (AvgIpc) is 2.29. The third-order valence-electron chi connectivity index (χ3n) is 2.08. The number of carbonyl (C=O) groups excluding carboxylic acids is 3. The number of rotatable bonds is 4. The summed E-state index contributed by atoms with van der Waals surface area (Å²) < 4.78 is 0. The lowest BCUT2D eigenvalue weighted by atomic mass is 10.1. The zero-order valence-corrected chi connectivity index (χ0v) is 9.00. The largest absolute Gasteiger partial charge is 0.359 e. The van der Waals surface area contributed by atoms with Gasteiger partial charge in [0.1, 0.15) is 5.71 Å². The molecule has 0 saturated heterocycles. The van der Waals surface area contributed by atoms with Crippen molar-refractivity contribution >= 4 is 23.4 Å². The lowest BCUT2D eigenvalue weighted by Crippen LogP contribution is -2.38. The summed E-state index contributed by atoms with van der Waals surface area (Å²) in [6.45, 7) is 0.255. The monoisotopic (exact) mass is 226 g/mol.